The summed E-state index contributed by atoms with van der Waals surface area (Å²) in [6.45, 7) is 0. The van der Waals surface area contributed by atoms with E-state index in [9.17, 15) is 17.6 Å². The van der Waals surface area contributed by atoms with Crippen LogP contribution in [0.1, 0.15) is 5.56 Å². The van der Waals surface area contributed by atoms with Gasteiger partial charge in [0, 0.05) is 18.2 Å². The summed E-state index contributed by atoms with van der Waals surface area (Å²) in [4.78, 5) is 0. The second kappa shape index (κ2) is 4.01. The molecule has 0 unspecified atom stereocenters. The Kier molecular flexibility index (Phi) is 2.76. The molecule has 2 N–H and O–H groups in total. The van der Waals surface area contributed by atoms with Crippen LogP contribution in [0.2, 0.25) is 0 Å². The van der Waals surface area contributed by atoms with Crippen molar-refractivity contribution in [2.45, 2.75) is 6.18 Å². The molecule has 96 valence electrons. The Morgan fingerprint density at radius 3 is 2.39 bits per heavy atom. The zero-order valence-electron chi connectivity index (χ0n) is 9.29. The fourth-order valence-electron chi connectivity index (χ4n) is 1.69. The zero-order valence-corrected chi connectivity index (χ0v) is 9.29. The van der Waals surface area contributed by atoms with Crippen LogP contribution in [0, 0.1) is 5.82 Å². The third-order valence-corrected chi connectivity index (χ3v) is 2.57. The Hall–Kier alpha value is -2.05. The monoisotopic (exact) mass is 259 g/mol. The minimum atomic E-state index is -4.79. The number of anilines is 1. The van der Waals surface area contributed by atoms with Gasteiger partial charge in [-0.05, 0) is 6.07 Å². The number of nitrogen functional groups attached to an aromatic ring is 1. The van der Waals surface area contributed by atoms with E-state index in [-0.39, 0.29) is 16.9 Å². The quantitative estimate of drug-likeness (QED) is 0.800. The molecule has 0 saturated heterocycles. The maximum absolute atomic E-state index is 13.4. The molecule has 0 bridgehead atoms. The van der Waals surface area contributed by atoms with Crippen LogP contribution in [0.25, 0.3) is 11.1 Å². The molecule has 1 aromatic carbocycles. The standard InChI is InChI=1S/C11H9F4N3/c1-18-10(16)7(5-17-18)6-3-2-4-8(12)9(6)11(13,14)15/h2-5H,16H2,1H3. The Morgan fingerprint density at radius 2 is 1.89 bits per heavy atom. The first kappa shape index (κ1) is 12.4. The molecule has 0 amide bonds. The number of aryl methyl sites for hydroxylation is 1. The van der Waals surface area contributed by atoms with Gasteiger partial charge < -0.3 is 5.73 Å². The summed E-state index contributed by atoms with van der Waals surface area (Å²) in [6, 6.07) is 3.13. The van der Waals surface area contributed by atoms with Gasteiger partial charge in [-0.25, -0.2) is 4.39 Å². The van der Waals surface area contributed by atoms with Gasteiger partial charge in [-0.15, -0.1) is 0 Å². The van der Waals surface area contributed by atoms with Gasteiger partial charge in [0.2, 0.25) is 0 Å². The highest BCUT2D eigenvalue weighted by Gasteiger charge is 2.37. The van der Waals surface area contributed by atoms with Crippen LogP contribution >= 0.6 is 0 Å². The Labute approximate surface area is 99.8 Å². The highest BCUT2D eigenvalue weighted by molar-refractivity contribution is 5.76. The van der Waals surface area contributed by atoms with Crippen molar-refractivity contribution in [2.24, 2.45) is 7.05 Å². The molecule has 2 rings (SSSR count). The number of hydrogen-bond acceptors (Lipinski definition) is 2. The van der Waals surface area contributed by atoms with Gasteiger partial charge in [-0.2, -0.15) is 18.3 Å². The molecule has 0 aliphatic heterocycles. The average molecular weight is 259 g/mol. The van der Waals surface area contributed by atoms with Crippen LogP contribution in [0.15, 0.2) is 24.4 Å². The third-order valence-electron chi connectivity index (χ3n) is 2.57. The maximum atomic E-state index is 13.4. The van der Waals surface area contributed by atoms with E-state index in [1.165, 1.54) is 30.1 Å². The van der Waals surface area contributed by atoms with Crippen LogP contribution in [-0.4, -0.2) is 9.78 Å². The highest BCUT2D eigenvalue weighted by atomic mass is 19.4. The van der Waals surface area contributed by atoms with Crippen molar-refractivity contribution in [3.63, 3.8) is 0 Å². The van der Waals surface area contributed by atoms with E-state index in [1.54, 1.807) is 0 Å². The molecule has 0 aliphatic carbocycles. The minimum absolute atomic E-state index is 0.0473. The van der Waals surface area contributed by atoms with Crippen molar-refractivity contribution in [2.75, 3.05) is 5.73 Å². The summed E-state index contributed by atoms with van der Waals surface area (Å²) >= 11 is 0. The predicted octanol–water partition coefficient (Wildman–Crippen LogP) is 2.83. The molecule has 3 nitrogen and oxygen atoms in total. The molecule has 1 aromatic heterocycles. The van der Waals surface area contributed by atoms with Crippen LogP contribution < -0.4 is 5.73 Å². The maximum Gasteiger partial charge on any atom is 0.419 e. The van der Waals surface area contributed by atoms with Crippen LogP contribution in [-0.2, 0) is 13.2 Å². The molecule has 7 heteroatoms. The van der Waals surface area contributed by atoms with Gasteiger partial charge in [0.25, 0.3) is 0 Å². The summed E-state index contributed by atoms with van der Waals surface area (Å²) in [5.41, 5.74) is 4.03. The minimum Gasteiger partial charge on any atom is -0.383 e. The number of alkyl halides is 3. The van der Waals surface area contributed by atoms with E-state index in [1.807, 2.05) is 0 Å². The lowest BCUT2D eigenvalue weighted by molar-refractivity contribution is -0.139. The fourth-order valence-corrected chi connectivity index (χ4v) is 1.69. The lowest BCUT2D eigenvalue weighted by atomic mass is 10.0. The number of benzene rings is 1. The Balaban J connectivity index is 2.73. The summed E-state index contributed by atoms with van der Waals surface area (Å²) in [5, 5.41) is 3.75. The van der Waals surface area contributed by atoms with Gasteiger partial charge >= 0.3 is 6.18 Å². The molecule has 0 radical (unpaired) electrons. The van der Waals surface area contributed by atoms with Gasteiger partial charge in [0.15, 0.2) is 0 Å². The lowest BCUT2D eigenvalue weighted by Gasteiger charge is -2.13. The first-order valence-corrected chi connectivity index (χ1v) is 4.96. The van der Waals surface area contributed by atoms with Crippen molar-refractivity contribution >= 4 is 5.82 Å². The SMILES string of the molecule is Cn1ncc(-c2cccc(F)c2C(F)(F)F)c1N. The molecule has 2 aromatic rings. The summed E-state index contributed by atoms with van der Waals surface area (Å²) in [7, 11) is 1.49. The second-order valence-electron chi connectivity index (χ2n) is 3.73. The molecular weight excluding hydrogens is 250 g/mol. The molecule has 0 spiro atoms. The van der Waals surface area contributed by atoms with Gasteiger partial charge in [-0.3, -0.25) is 4.68 Å². The molecular formula is C11H9F4N3. The first-order valence-electron chi connectivity index (χ1n) is 4.96. The van der Waals surface area contributed by atoms with Crippen molar-refractivity contribution in [3.05, 3.63) is 35.8 Å². The van der Waals surface area contributed by atoms with E-state index in [2.05, 4.69) is 5.10 Å². The Bertz CT molecular complexity index is 586. The molecule has 1 heterocycles. The highest BCUT2D eigenvalue weighted by Crippen LogP contribution is 2.40. The number of nitrogens with two attached hydrogens (primary N) is 1. The number of rotatable bonds is 1. The van der Waals surface area contributed by atoms with E-state index in [4.69, 9.17) is 5.73 Å². The number of nitrogens with zero attached hydrogens (tertiary/aromatic N) is 2. The topological polar surface area (TPSA) is 43.8 Å². The van der Waals surface area contributed by atoms with Crippen molar-refractivity contribution in [1.82, 2.24) is 9.78 Å². The first-order chi connectivity index (χ1) is 8.32. The largest absolute Gasteiger partial charge is 0.419 e. The third kappa shape index (κ3) is 1.92. The number of hydrogen-bond donors (Lipinski definition) is 1. The molecule has 0 fully saturated rings. The van der Waals surface area contributed by atoms with Crippen LogP contribution in [0.5, 0.6) is 0 Å². The molecule has 0 atom stereocenters. The Morgan fingerprint density at radius 1 is 1.22 bits per heavy atom. The van der Waals surface area contributed by atoms with Gasteiger partial charge in [0.05, 0.1) is 11.8 Å². The second-order valence-corrected chi connectivity index (χ2v) is 3.73. The van der Waals surface area contributed by atoms with Crippen molar-refractivity contribution in [3.8, 4) is 11.1 Å². The molecule has 0 aliphatic rings. The average Bonchev–Trinajstić information content (AvgIpc) is 2.57. The van der Waals surface area contributed by atoms with Gasteiger partial charge in [-0.1, -0.05) is 12.1 Å². The van der Waals surface area contributed by atoms with E-state index < -0.39 is 17.6 Å². The van der Waals surface area contributed by atoms with E-state index in [0.717, 1.165) is 6.07 Å². The zero-order chi connectivity index (χ0) is 13.5. The van der Waals surface area contributed by atoms with E-state index in [0.29, 0.717) is 0 Å². The van der Waals surface area contributed by atoms with Crippen LogP contribution in [0.3, 0.4) is 0 Å². The number of halogens is 4. The molecule has 0 saturated carbocycles. The fraction of sp³-hybridized carbons (Fsp3) is 0.182. The summed E-state index contributed by atoms with van der Waals surface area (Å²) in [5.74, 6) is -1.28. The van der Waals surface area contributed by atoms with Crippen LogP contribution in [0.4, 0.5) is 23.4 Å². The summed E-state index contributed by atoms with van der Waals surface area (Å²) in [6.07, 6.45) is -3.61. The van der Waals surface area contributed by atoms with E-state index >= 15 is 0 Å². The lowest BCUT2D eigenvalue weighted by Crippen LogP contribution is -2.10. The smallest absolute Gasteiger partial charge is 0.383 e. The van der Waals surface area contributed by atoms with Crippen molar-refractivity contribution in [1.29, 1.82) is 0 Å². The summed E-state index contributed by atoms with van der Waals surface area (Å²) < 4.78 is 53.1. The predicted molar refractivity (Wildman–Crippen MR) is 58.0 cm³/mol. The molecule has 18 heavy (non-hydrogen) atoms. The normalized spacial score (nSPS) is 11.8. The number of aromatic nitrogens is 2. The van der Waals surface area contributed by atoms with Gasteiger partial charge in [0.1, 0.15) is 11.6 Å². The van der Waals surface area contributed by atoms with Crippen molar-refractivity contribution < 1.29 is 17.6 Å².